The van der Waals surface area contributed by atoms with Gasteiger partial charge in [-0.15, -0.1) is 11.8 Å². The molecule has 0 radical (unpaired) electrons. The number of thiazole rings is 1. The highest BCUT2D eigenvalue weighted by molar-refractivity contribution is 7.98. The van der Waals surface area contributed by atoms with Gasteiger partial charge >= 0.3 is 5.97 Å². The van der Waals surface area contributed by atoms with Gasteiger partial charge in [0.15, 0.2) is 4.80 Å². The van der Waals surface area contributed by atoms with Crippen molar-refractivity contribution in [2.75, 3.05) is 6.26 Å². The average Bonchev–Trinajstić information content (AvgIpc) is 3.31. The summed E-state index contributed by atoms with van der Waals surface area (Å²) in [6, 6.07) is 15.5. The molecule has 1 aliphatic heterocycles. The molecule has 1 atom stereocenters. The largest absolute Gasteiger partial charge is 0.459 e. The van der Waals surface area contributed by atoms with E-state index in [0.29, 0.717) is 20.6 Å². The zero-order chi connectivity index (χ0) is 26.4. The van der Waals surface area contributed by atoms with Crippen LogP contribution in [0.15, 0.2) is 74.5 Å². The van der Waals surface area contributed by atoms with E-state index in [4.69, 9.17) is 9.73 Å². The monoisotopic (exact) mass is 531 g/mol. The second-order valence-corrected chi connectivity index (χ2v) is 11.3. The number of para-hydroxylation sites is 1. The first-order chi connectivity index (χ1) is 17.7. The van der Waals surface area contributed by atoms with Crippen LogP contribution in [0.25, 0.3) is 17.0 Å². The van der Waals surface area contributed by atoms with Crippen molar-refractivity contribution < 1.29 is 9.53 Å². The van der Waals surface area contributed by atoms with Crippen LogP contribution in [-0.4, -0.2) is 27.5 Å². The predicted octanol–water partition coefficient (Wildman–Crippen LogP) is 4.71. The fourth-order valence-corrected chi connectivity index (χ4v) is 6.26. The summed E-state index contributed by atoms with van der Waals surface area (Å²) in [6.45, 7) is 7.50. The normalized spacial score (nSPS) is 15.9. The summed E-state index contributed by atoms with van der Waals surface area (Å²) in [5.74, 6) is -0.450. The Hall–Kier alpha value is -3.36. The zero-order valence-corrected chi connectivity index (χ0v) is 23.4. The number of benzene rings is 2. The van der Waals surface area contributed by atoms with E-state index < -0.39 is 12.0 Å². The third-order valence-corrected chi connectivity index (χ3v) is 8.47. The number of rotatable bonds is 5. The molecule has 4 aromatic rings. The fourth-order valence-electron chi connectivity index (χ4n) is 4.83. The Morgan fingerprint density at radius 1 is 1.14 bits per heavy atom. The number of ether oxygens (including phenoxy) is 1. The van der Waals surface area contributed by atoms with Crippen molar-refractivity contribution in [3.63, 3.8) is 0 Å². The summed E-state index contributed by atoms with van der Waals surface area (Å²) < 4.78 is 9.96. The van der Waals surface area contributed by atoms with Gasteiger partial charge in [-0.3, -0.25) is 9.36 Å². The molecule has 37 heavy (non-hydrogen) atoms. The van der Waals surface area contributed by atoms with E-state index >= 15 is 0 Å². The molecule has 3 heterocycles. The third-order valence-electron chi connectivity index (χ3n) is 6.74. The number of carbonyl (C=O) groups is 1. The maximum absolute atomic E-state index is 14.0. The first kappa shape index (κ1) is 25.3. The lowest BCUT2D eigenvalue weighted by Gasteiger charge is -2.25. The van der Waals surface area contributed by atoms with Crippen molar-refractivity contribution in [3.8, 4) is 0 Å². The minimum absolute atomic E-state index is 0.169. The maximum Gasteiger partial charge on any atom is 0.338 e. The lowest BCUT2D eigenvalue weighted by atomic mass is 9.96. The Balaban J connectivity index is 1.75. The molecule has 0 spiro atoms. The van der Waals surface area contributed by atoms with Gasteiger partial charge in [0.05, 0.1) is 27.9 Å². The molecular weight excluding hydrogens is 502 g/mol. The molecule has 0 saturated carbocycles. The van der Waals surface area contributed by atoms with E-state index in [1.807, 2.05) is 76.5 Å². The topological polar surface area (TPSA) is 65.6 Å². The molecule has 0 amide bonds. The molecule has 0 saturated heterocycles. The summed E-state index contributed by atoms with van der Waals surface area (Å²) in [6.07, 6.45) is 3.69. The Morgan fingerprint density at radius 3 is 2.51 bits per heavy atom. The van der Waals surface area contributed by atoms with Crippen molar-refractivity contribution in [1.82, 2.24) is 9.13 Å². The van der Waals surface area contributed by atoms with Crippen LogP contribution >= 0.6 is 23.1 Å². The quantitative estimate of drug-likeness (QED) is 0.276. The maximum atomic E-state index is 14.0. The number of nitrogens with zero attached hydrogens (tertiary/aromatic N) is 3. The van der Waals surface area contributed by atoms with Crippen molar-refractivity contribution in [2.24, 2.45) is 12.0 Å². The highest BCUT2D eigenvalue weighted by Gasteiger charge is 2.33. The summed E-state index contributed by atoms with van der Waals surface area (Å²) in [4.78, 5) is 33.6. The standard InChI is InChI=1S/C29H29N3O3S2/c1-16(2)35-28(34)25-17(3)30-29-32(26(25)19-11-13-20(36-6)14-12-19)27(33)24(37-29)15-22-18(4)31(5)23-10-8-7-9-21(22)23/h7-16,26H,1-6H3/b24-15-/t26-/m1/s1. The number of esters is 1. The summed E-state index contributed by atoms with van der Waals surface area (Å²) in [7, 11) is 2.03. The van der Waals surface area contributed by atoms with E-state index in [9.17, 15) is 9.59 Å². The molecule has 190 valence electrons. The van der Waals surface area contributed by atoms with Crippen LogP contribution in [0.5, 0.6) is 0 Å². The van der Waals surface area contributed by atoms with E-state index in [1.165, 1.54) is 11.3 Å². The van der Waals surface area contributed by atoms with Gasteiger partial charge in [0, 0.05) is 34.1 Å². The first-order valence-electron chi connectivity index (χ1n) is 12.1. The highest BCUT2D eigenvalue weighted by Crippen LogP contribution is 2.32. The van der Waals surface area contributed by atoms with Gasteiger partial charge in [-0.05, 0) is 63.8 Å². The molecule has 8 heteroatoms. The number of aromatic nitrogens is 2. The number of thioether (sulfide) groups is 1. The lowest BCUT2D eigenvalue weighted by Crippen LogP contribution is -2.40. The second-order valence-electron chi connectivity index (χ2n) is 9.38. The molecule has 2 aromatic carbocycles. The summed E-state index contributed by atoms with van der Waals surface area (Å²) >= 11 is 2.99. The molecule has 0 aliphatic carbocycles. The Morgan fingerprint density at radius 2 is 1.84 bits per heavy atom. The number of allylic oxidation sites excluding steroid dienone is 1. The van der Waals surface area contributed by atoms with Crippen LogP contribution < -0.4 is 14.9 Å². The molecule has 0 unspecified atom stereocenters. The van der Waals surface area contributed by atoms with Gasteiger partial charge in [-0.2, -0.15) is 0 Å². The Labute approximate surface area is 223 Å². The van der Waals surface area contributed by atoms with E-state index in [0.717, 1.165) is 32.6 Å². The number of aryl methyl sites for hydroxylation is 1. The number of hydrogen-bond acceptors (Lipinski definition) is 6. The molecule has 1 aliphatic rings. The molecule has 6 nitrogen and oxygen atoms in total. The van der Waals surface area contributed by atoms with E-state index in [-0.39, 0.29) is 11.7 Å². The van der Waals surface area contributed by atoms with Crippen LogP contribution in [0.4, 0.5) is 0 Å². The van der Waals surface area contributed by atoms with Crippen molar-refractivity contribution in [2.45, 2.75) is 44.7 Å². The molecule has 0 fully saturated rings. The van der Waals surface area contributed by atoms with Crippen molar-refractivity contribution in [1.29, 1.82) is 0 Å². The third kappa shape index (κ3) is 4.38. The van der Waals surface area contributed by atoms with Crippen LogP contribution in [0, 0.1) is 6.92 Å². The minimum Gasteiger partial charge on any atom is -0.459 e. The molecule has 0 N–H and O–H groups in total. The Bertz CT molecular complexity index is 1740. The zero-order valence-electron chi connectivity index (χ0n) is 21.7. The fraction of sp³-hybridized carbons (Fsp3) is 0.276. The molecular formula is C29H29N3O3S2. The van der Waals surface area contributed by atoms with Gasteiger partial charge < -0.3 is 9.30 Å². The predicted molar refractivity (Wildman–Crippen MR) is 151 cm³/mol. The SMILES string of the molecule is CSc1ccc([C@@H]2C(C(=O)OC(C)C)=C(C)N=c3s/c(=C\c4c(C)n(C)c5ccccc45)c(=O)n32)cc1. The van der Waals surface area contributed by atoms with Crippen LogP contribution in [0.1, 0.15) is 43.6 Å². The Kier molecular flexibility index (Phi) is 6.72. The lowest BCUT2D eigenvalue weighted by molar-refractivity contribution is -0.143. The molecule has 0 bridgehead atoms. The highest BCUT2D eigenvalue weighted by atomic mass is 32.2. The number of carbonyl (C=O) groups excluding carboxylic acids is 1. The van der Waals surface area contributed by atoms with Crippen molar-refractivity contribution in [3.05, 3.63) is 96.3 Å². The van der Waals surface area contributed by atoms with Crippen LogP contribution in [-0.2, 0) is 16.6 Å². The molecule has 2 aromatic heterocycles. The van der Waals surface area contributed by atoms with E-state index in [2.05, 4.69) is 23.6 Å². The molecule has 5 rings (SSSR count). The van der Waals surface area contributed by atoms with Gasteiger partial charge in [0.25, 0.3) is 5.56 Å². The van der Waals surface area contributed by atoms with E-state index in [1.54, 1.807) is 16.3 Å². The summed E-state index contributed by atoms with van der Waals surface area (Å²) in [5, 5.41) is 1.09. The average molecular weight is 532 g/mol. The smallest absolute Gasteiger partial charge is 0.338 e. The number of fused-ring (bicyclic) bond motifs is 2. The van der Waals surface area contributed by atoms with Crippen molar-refractivity contribution >= 4 is 46.0 Å². The minimum atomic E-state index is -0.617. The second kappa shape index (κ2) is 9.84. The first-order valence-corrected chi connectivity index (χ1v) is 14.2. The van der Waals surface area contributed by atoms with Gasteiger partial charge in [-0.25, -0.2) is 9.79 Å². The van der Waals surface area contributed by atoms with Gasteiger partial charge in [0.1, 0.15) is 0 Å². The summed E-state index contributed by atoms with van der Waals surface area (Å²) in [5.41, 5.74) is 4.84. The number of hydrogen-bond donors (Lipinski definition) is 0. The van der Waals surface area contributed by atoms with Crippen LogP contribution in [0.2, 0.25) is 0 Å². The van der Waals surface area contributed by atoms with Gasteiger partial charge in [-0.1, -0.05) is 41.7 Å². The van der Waals surface area contributed by atoms with Gasteiger partial charge in [0.2, 0.25) is 0 Å². The van der Waals surface area contributed by atoms with Crippen LogP contribution in [0.3, 0.4) is 0 Å².